The molecule has 3 rings (SSSR count). The van der Waals surface area contributed by atoms with Crippen molar-refractivity contribution < 1.29 is 9.90 Å². The summed E-state index contributed by atoms with van der Waals surface area (Å²) in [4.78, 5) is 17.8. The van der Waals surface area contributed by atoms with E-state index < -0.39 is 5.97 Å². The Hall–Kier alpha value is -1.33. The molecule has 1 aliphatic heterocycles. The highest BCUT2D eigenvalue weighted by atomic mass is 35.5. The Morgan fingerprint density at radius 2 is 2.37 bits per heavy atom. The average Bonchev–Trinajstić information content (AvgIpc) is 2.94. The molecule has 19 heavy (non-hydrogen) atoms. The number of carbonyl (C=O) groups is 1. The number of aromatic nitrogens is 2. The molecular formula is C13H13ClN2O2S. The van der Waals surface area contributed by atoms with Crippen LogP contribution in [0, 0.1) is 12.8 Å². The van der Waals surface area contributed by atoms with Crippen molar-refractivity contribution in [3.63, 3.8) is 0 Å². The molecule has 0 aromatic carbocycles. The van der Waals surface area contributed by atoms with Crippen LogP contribution in [-0.2, 0) is 17.8 Å². The lowest BCUT2D eigenvalue weighted by Gasteiger charge is -2.21. The molecule has 4 nitrogen and oxygen atoms in total. The second-order valence-electron chi connectivity index (χ2n) is 4.76. The van der Waals surface area contributed by atoms with Crippen LogP contribution in [0.4, 0.5) is 0 Å². The van der Waals surface area contributed by atoms with Gasteiger partial charge in [-0.05, 0) is 25.5 Å². The summed E-state index contributed by atoms with van der Waals surface area (Å²) in [5, 5.41) is 9.55. The molecule has 1 N–H and O–H groups in total. The SMILES string of the molecule is Cc1ccc(-c2nc(Cl)c3n2CCC(C(=O)O)C3)s1. The minimum absolute atomic E-state index is 0.348. The molecule has 1 atom stereocenters. The fraction of sp³-hybridized carbons (Fsp3) is 0.385. The van der Waals surface area contributed by atoms with Crippen LogP contribution in [0.1, 0.15) is 17.0 Å². The summed E-state index contributed by atoms with van der Waals surface area (Å²) in [6.07, 6.45) is 1.10. The predicted octanol–water partition coefficient (Wildman–Crippen LogP) is 3.22. The van der Waals surface area contributed by atoms with E-state index in [4.69, 9.17) is 16.7 Å². The van der Waals surface area contributed by atoms with Gasteiger partial charge in [-0.15, -0.1) is 11.3 Å². The normalized spacial score (nSPS) is 18.3. The van der Waals surface area contributed by atoms with E-state index in [1.807, 2.05) is 6.07 Å². The summed E-state index contributed by atoms with van der Waals surface area (Å²) in [6, 6.07) is 4.09. The summed E-state index contributed by atoms with van der Waals surface area (Å²) >= 11 is 7.85. The maximum atomic E-state index is 11.1. The van der Waals surface area contributed by atoms with Crippen molar-refractivity contribution in [3.8, 4) is 10.7 Å². The highest BCUT2D eigenvalue weighted by Crippen LogP contribution is 2.34. The van der Waals surface area contributed by atoms with Crippen molar-refractivity contribution in [1.29, 1.82) is 0 Å². The summed E-state index contributed by atoms with van der Waals surface area (Å²) in [7, 11) is 0. The van der Waals surface area contributed by atoms with Gasteiger partial charge in [0.2, 0.25) is 0 Å². The molecule has 2 aromatic heterocycles. The Balaban J connectivity index is 2.03. The lowest BCUT2D eigenvalue weighted by Crippen LogP contribution is -2.25. The predicted molar refractivity (Wildman–Crippen MR) is 74.7 cm³/mol. The average molecular weight is 297 g/mol. The number of halogens is 1. The van der Waals surface area contributed by atoms with Crippen LogP contribution in [-0.4, -0.2) is 20.6 Å². The van der Waals surface area contributed by atoms with Gasteiger partial charge in [-0.3, -0.25) is 4.79 Å². The first-order valence-corrected chi connectivity index (χ1v) is 7.30. The van der Waals surface area contributed by atoms with Crippen molar-refractivity contribution in [2.45, 2.75) is 26.3 Å². The van der Waals surface area contributed by atoms with Crippen LogP contribution in [0.15, 0.2) is 12.1 Å². The maximum Gasteiger partial charge on any atom is 0.306 e. The lowest BCUT2D eigenvalue weighted by atomic mass is 9.96. The Morgan fingerprint density at radius 3 is 3.00 bits per heavy atom. The first-order chi connectivity index (χ1) is 9.06. The van der Waals surface area contributed by atoms with Gasteiger partial charge in [0.1, 0.15) is 0 Å². The lowest BCUT2D eigenvalue weighted by molar-refractivity contribution is -0.142. The molecule has 2 aromatic rings. The number of fused-ring (bicyclic) bond motifs is 1. The van der Waals surface area contributed by atoms with Gasteiger partial charge in [0.05, 0.1) is 16.5 Å². The highest BCUT2D eigenvalue weighted by Gasteiger charge is 2.29. The van der Waals surface area contributed by atoms with Gasteiger partial charge in [-0.25, -0.2) is 4.98 Å². The van der Waals surface area contributed by atoms with Crippen LogP contribution >= 0.6 is 22.9 Å². The molecule has 3 heterocycles. The van der Waals surface area contributed by atoms with Crippen molar-refractivity contribution in [2.75, 3.05) is 0 Å². The number of carboxylic acid groups (broad SMARTS) is 1. The first kappa shape index (κ1) is 12.7. The standard InChI is InChI=1S/C13H13ClN2O2S/c1-7-2-3-10(19-7)12-15-11(14)9-6-8(13(17)18)4-5-16(9)12/h2-3,8H,4-6H2,1H3,(H,17,18). The monoisotopic (exact) mass is 296 g/mol. The largest absolute Gasteiger partial charge is 0.481 e. The third-order valence-corrected chi connectivity index (χ3v) is 4.77. The van der Waals surface area contributed by atoms with Crippen LogP contribution in [0.5, 0.6) is 0 Å². The topological polar surface area (TPSA) is 55.1 Å². The zero-order valence-electron chi connectivity index (χ0n) is 10.4. The first-order valence-electron chi connectivity index (χ1n) is 6.11. The Kier molecular flexibility index (Phi) is 3.11. The fourth-order valence-electron chi connectivity index (χ4n) is 2.47. The molecule has 1 unspecified atom stereocenters. The molecule has 0 amide bonds. The summed E-state index contributed by atoms with van der Waals surface area (Å²) in [5.41, 5.74) is 0.848. The van der Waals surface area contributed by atoms with E-state index in [0.29, 0.717) is 24.5 Å². The van der Waals surface area contributed by atoms with Gasteiger partial charge < -0.3 is 9.67 Å². The fourth-order valence-corrected chi connectivity index (χ4v) is 3.59. The quantitative estimate of drug-likeness (QED) is 0.926. The molecule has 0 aliphatic carbocycles. The number of thiophene rings is 1. The number of aliphatic carboxylic acids is 1. The van der Waals surface area contributed by atoms with Gasteiger partial charge in [0.25, 0.3) is 0 Å². The number of carboxylic acids is 1. The molecule has 0 fully saturated rings. The van der Waals surface area contributed by atoms with E-state index in [9.17, 15) is 4.79 Å². The molecule has 6 heteroatoms. The highest BCUT2D eigenvalue weighted by molar-refractivity contribution is 7.15. The van der Waals surface area contributed by atoms with Gasteiger partial charge in [0.15, 0.2) is 11.0 Å². The number of imidazole rings is 1. The van der Waals surface area contributed by atoms with Crippen LogP contribution in [0.2, 0.25) is 5.15 Å². The molecule has 0 spiro atoms. The van der Waals surface area contributed by atoms with Crippen molar-refractivity contribution in [2.24, 2.45) is 5.92 Å². The summed E-state index contributed by atoms with van der Waals surface area (Å²) < 4.78 is 2.06. The van der Waals surface area contributed by atoms with E-state index in [1.54, 1.807) is 11.3 Å². The smallest absolute Gasteiger partial charge is 0.306 e. The Labute approximate surface area is 119 Å². The number of hydrogen-bond donors (Lipinski definition) is 1. The Morgan fingerprint density at radius 1 is 1.58 bits per heavy atom. The van der Waals surface area contributed by atoms with E-state index in [1.165, 1.54) is 4.88 Å². The minimum atomic E-state index is -0.753. The van der Waals surface area contributed by atoms with Gasteiger partial charge >= 0.3 is 5.97 Å². The van der Waals surface area contributed by atoms with Crippen molar-refractivity contribution >= 4 is 28.9 Å². The van der Waals surface area contributed by atoms with Gasteiger partial charge in [-0.1, -0.05) is 11.6 Å². The molecule has 0 saturated carbocycles. The molecule has 100 valence electrons. The zero-order chi connectivity index (χ0) is 13.6. The molecule has 0 bridgehead atoms. The number of hydrogen-bond acceptors (Lipinski definition) is 3. The van der Waals surface area contributed by atoms with E-state index in [-0.39, 0.29) is 5.92 Å². The Bertz CT molecular complexity index is 647. The number of nitrogens with zero attached hydrogens (tertiary/aromatic N) is 2. The van der Waals surface area contributed by atoms with E-state index in [2.05, 4.69) is 22.5 Å². The number of rotatable bonds is 2. The molecule has 1 aliphatic rings. The molecular weight excluding hydrogens is 284 g/mol. The van der Waals surface area contributed by atoms with E-state index in [0.717, 1.165) is 16.4 Å². The minimum Gasteiger partial charge on any atom is -0.481 e. The third-order valence-electron chi connectivity index (χ3n) is 3.47. The molecule has 0 radical (unpaired) electrons. The van der Waals surface area contributed by atoms with Crippen molar-refractivity contribution in [3.05, 3.63) is 27.9 Å². The maximum absolute atomic E-state index is 11.1. The van der Waals surface area contributed by atoms with Crippen LogP contribution in [0.3, 0.4) is 0 Å². The van der Waals surface area contributed by atoms with Crippen LogP contribution < -0.4 is 0 Å². The second kappa shape index (κ2) is 4.65. The second-order valence-corrected chi connectivity index (χ2v) is 6.41. The van der Waals surface area contributed by atoms with Gasteiger partial charge in [-0.2, -0.15) is 0 Å². The molecule has 0 saturated heterocycles. The van der Waals surface area contributed by atoms with Gasteiger partial charge in [0, 0.05) is 17.8 Å². The zero-order valence-corrected chi connectivity index (χ0v) is 12.0. The third kappa shape index (κ3) is 2.17. The van der Waals surface area contributed by atoms with E-state index >= 15 is 0 Å². The number of aryl methyl sites for hydroxylation is 1. The summed E-state index contributed by atoms with van der Waals surface area (Å²) in [5.74, 6) is -0.237. The summed E-state index contributed by atoms with van der Waals surface area (Å²) in [6.45, 7) is 2.72. The van der Waals surface area contributed by atoms with Crippen molar-refractivity contribution in [1.82, 2.24) is 9.55 Å². The van der Waals surface area contributed by atoms with Crippen LogP contribution in [0.25, 0.3) is 10.7 Å².